The Morgan fingerprint density at radius 3 is 2.47 bits per heavy atom. The zero-order valence-electron chi connectivity index (χ0n) is 21.3. The number of aryl methyl sites for hydroxylation is 1. The molecule has 0 spiro atoms. The van der Waals surface area contributed by atoms with E-state index < -0.39 is 11.7 Å². The summed E-state index contributed by atoms with van der Waals surface area (Å²) in [6.07, 6.45) is -0.949. The van der Waals surface area contributed by atoms with Crippen molar-refractivity contribution < 1.29 is 22.8 Å². The van der Waals surface area contributed by atoms with Gasteiger partial charge < -0.3 is 10.2 Å². The summed E-state index contributed by atoms with van der Waals surface area (Å²) in [5, 5.41) is 4.05. The molecule has 10 heteroatoms. The molecule has 1 fully saturated rings. The zero-order valence-corrected chi connectivity index (χ0v) is 22.1. The second-order valence-electron chi connectivity index (χ2n) is 9.87. The van der Waals surface area contributed by atoms with Gasteiger partial charge in [-0.05, 0) is 87.4 Å². The largest absolute Gasteiger partial charge is 0.416 e. The first-order chi connectivity index (χ1) is 18.1. The first kappa shape index (κ1) is 26.3. The minimum Gasteiger partial charge on any atom is -0.352 e. The SMILES string of the molecule is CC1=C(C(=O)NCCCC2CCN(C(=O)c3ccc(C(F)(F)F)cc3)CC2)Sc2cccc3nc(C)c1n23. The Labute approximate surface area is 223 Å². The minimum absolute atomic E-state index is 0.0756. The summed E-state index contributed by atoms with van der Waals surface area (Å²) in [6.45, 7) is 5.66. The maximum atomic E-state index is 13.0. The van der Waals surface area contributed by atoms with E-state index in [0.29, 0.717) is 30.5 Å². The summed E-state index contributed by atoms with van der Waals surface area (Å²) in [4.78, 5) is 32.8. The van der Waals surface area contributed by atoms with Gasteiger partial charge in [-0.3, -0.25) is 14.0 Å². The second-order valence-corrected chi connectivity index (χ2v) is 10.9. The normalized spacial score (nSPS) is 16.3. The molecule has 0 atom stereocenters. The average molecular weight is 543 g/mol. The number of carbonyl (C=O) groups is 2. The molecule has 0 saturated carbocycles. The number of thioether (sulfide) groups is 1. The number of allylic oxidation sites excluding steroid dienone is 1. The van der Waals surface area contributed by atoms with Crippen LogP contribution in [0.25, 0.3) is 11.2 Å². The number of hydrogen-bond donors (Lipinski definition) is 1. The third-order valence-electron chi connectivity index (χ3n) is 7.33. The minimum atomic E-state index is -4.41. The van der Waals surface area contributed by atoms with Gasteiger partial charge in [-0.1, -0.05) is 17.8 Å². The Morgan fingerprint density at radius 1 is 1.08 bits per heavy atom. The van der Waals surface area contributed by atoms with E-state index in [9.17, 15) is 22.8 Å². The van der Waals surface area contributed by atoms with Crippen molar-refractivity contribution in [1.82, 2.24) is 19.6 Å². The lowest BCUT2D eigenvalue weighted by molar-refractivity contribution is -0.137. The number of amides is 2. The number of nitrogens with zero attached hydrogens (tertiary/aromatic N) is 3. The molecule has 4 heterocycles. The van der Waals surface area contributed by atoms with Gasteiger partial charge in [-0.25, -0.2) is 4.98 Å². The van der Waals surface area contributed by atoms with Gasteiger partial charge in [0, 0.05) is 25.2 Å². The van der Waals surface area contributed by atoms with Gasteiger partial charge in [0.05, 0.1) is 26.9 Å². The molecule has 5 rings (SSSR count). The van der Waals surface area contributed by atoms with Crippen molar-refractivity contribution in [2.24, 2.45) is 5.92 Å². The fourth-order valence-corrected chi connectivity index (χ4v) is 6.33. The van der Waals surface area contributed by atoms with Crippen molar-refractivity contribution in [3.8, 4) is 0 Å². The highest BCUT2D eigenvalue weighted by Gasteiger charge is 2.31. The number of piperidine rings is 1. The van der Waals surface area contributed by atoms with E-state index in [1.807, 2.05) is 32.0 Å². The number of aromatic nitrogens is 2. The Bertz CT molecular complexity index is 1400. The predicted octanol–water partition coefficient (Wildman–Crippen LogP) is 5.95. The number of hydrogen-bond acceptors (Lipinski definition) is 4. The molecule has 0 unspecified atom stereocenters. The van der Waals surface area contributed by atoms with Crippen LogP contribution in [-0.4, -0.2) is 45.7 Å². The molecule has 1 aromatic carbocycles. The highest BCUT2D eigenvalue weighted by Crippen LogP contribution is 2.40. The van der Waals surface area contributed by atoms with Gasteiger partial charge in [0.15, 0.2) is 0 Å². The highest BCUT2D eigenvalue weighted by atomic mass is 32.2. The summed E-state index contributed by atoms with van der Waals surface area (Å²) in [7, 11) is 0. The Hall–Kier alpha value is -3.27. The molecule has 2 aliphatic heterocycles. The van der Waals surface area contributed by atoms with E-state index in [4.69, 9.17) is 0 Å². The van der Waals surface area contributed by atoms with Crippen LogP contribution in [0.2, 0.25) is 0 Å². The van der Waals surface area contributed by atoms with Crippen molar-refractivity contribution in [1.29, 1.82) is 0 Å². The summed E-state index contributed by atoms with van der Waals surface area (Å²) >= 11 is 1.47. The van der Waals surface area contributed by atoms with Gasteiger partial charge in [-0.2, -0.15) is 13.2 Å². The molecule has 1 N–H and O–H groups in total. The summed E-state index contributed by atoms with van der Waals surface area (Å²) < 4.78 is 40.4. The number of likely N-dealkylation sites (tertiary alicyclic amines) is 1. The molecule has 0 aliphatic carbocycles. The number of nitrogens with one attached hydrogen (secondary N) is 1. The average Bonchev–Trinajstić information content (AvgIpc) is 3.25. The summed E-state index contributed by atoms with van der Waals surface area (Å²) in [5.74, 6) is 0.141. The van der Waals surface area contributed by atoms with Crippen LogP contribution < -0.4 is 5.32 Å². The van der Waals surface area contributed by atoms with Crippen LogP contribution >= 0.6 is 11.8 Å². The van der Waals surface area contributed by atoms with Crippen LogP contribution in [0.3, 0.4) is 0 Å². The number of imidazole rings is 1. The van der Waals surface area contributed by atoms with Crippen molar-refractivity contribution in [2.45, 2.75) is 50.7 Å². The third kappa shape index (κ3) is 5.18. The molecule has 0 radical (unpaired) electrons. The lowest BCUT2D eigenvalue weighted by Crippen LogP contribution is -2.38. The number of carbonyl (C=O) groups excluding carboxylic acids is 2. The maximum absolute atomic E-state index is 13.0. The molecule has 200 valence electrons. The summed E-state index contributed by atoms with van der Waals surface area (Å²) in [5.41, 5.74) is 3.22. The van der Waals surface area contributed by atoms with E-state index in [2.05, 4.69) is 14.7 Å². The van der Waals surface area contributed by atoms with Gasteiger partial charge in [-0.15, -0.1) is 0 Å². The van der Waals surface area contributed by atoms with Gasteiger partial charge >= 0.3 is 6.18 Å². The molecule has 2 aromatic heterocycles. The van der Waals surface area contributed by atoms with Gasteiger partial charge in [0.2, 0.25) is 0 Å². The van der Waals surface area contributed by atoms with Crippen LogP contribution in [-0.2, 0) is 11.0 Å². The molecule has 2 amide bonds. The van der Waals surface area contributed by atoms with Gasteiger partial charge in [0.25, 0.3) is 11.8 Å². The van der Waals surface area contributed by atoms with E-state index in [-0.39, 0.29) is 17.4 Å². The molecule has 1 saturated heterocycles. The quantitative estimate of drug-likeness (QED) is 0.391. The van der Waals surface area contributed by atoms with Gasteiger partial charge in [0.1, 0.15) is 5.65 Å². The number of alkyl halides is 3. The number of pyridine rings is 1. The van der Waals surface area contributed by atoms with E-state index in [0.717, 1.165) is 65.5 Å². The molecule has 2 aliphatic rings. The smallest absolute Gasteiger partial charge is 0.352 e. The van der Waals surface area contributed by atoms with Crippen LogP contribution in [0.4, 0.5) is 13.2 Å². The first-order valence-corrected chi connectivity index (χ1v) is 13.6. The van der Waals surface area contributed by atoms with Crippen LogP contribution in [0.15, 0.2) is 52.4 Å². The molecule has 38 heavy (non-hydrogen) atoms. The Kier molecular flexibility index (Phi) is 7.26. The maximum Gasteiger partial charge on any atom is 0.416 e. The lowest BCUT2D eigenvalue weighted by Gasteiger charge is -2.32. The van der Waals surface area contributed by atoms with Crippen molar-refractivity contribution >= 4 is 34.8 Å². The van der Waals surface area contributed by atoms with E-state index >= 15 is 0 Å². The number of halogens is 3. The Balaban J connectivity index is 1.08. The zero-order chi connectivity index (χ0) is 27.0. The van der Waals surface area contributed by atoms with Crippen molar-refractivity contribution in [3.63, 3.8) is 0 Å². The Morgan fingerprint density at radius 2 is 1.79 bits per heavy atom. The van der Waals surface area contributed by atoms with Crippen LogP contribution in [0.1, 0.15) is 59.9 Å². The third-order valence-corrected chi connectivity index (χ3v) is 8.55. The van der Waals surface area contributed by atoms with E-state index in [1.54, 1.807) is 4.90 Å². The predicted molar refractivity (Wildman–Crippen MR) is 141 cm³/mol. The van der Waals surface area contributed by atoms with Crippen molar-refractivity contribution in [3.05, 3.63) is 69.9 Å². The number of benzene rings is 1. The molecular formula is C28H29F3N4O2S. The highest BCUT2D eigenvalue weighted by molar-refractivity contribution is 8.04. The fourth-order valence-electron chi connectivity index (χ4n) is 5.28. The molecule has 3 aromatic rings. The van der Waals surface area contributed by atoms with Crippen LogP contribution in [0.5, 0.6) is 0 Å². The summed E-state index contributed by atoms with van der Waals surface area (Å²) in [6, 6.07) is 10.3. The first-order valence-electron chi connectivity index (χ1n) is 12.8. The topological polar surface area (TPSA) is 66.7 Å². The van der Waals surface area contributed by atoms with E-state index in [1.165, 1.54) is 23.9 Å². The molecule has 0 bridgehead atoms. The van der Waals surface area contributed by atoms with Crippen LogP contribution in [0, 0.1) is 12.8 Å². The molecular weight excluding hydrogens is 513 g/mol. The monoisotopic (exact) mass is 542 g/mol. The van der Waals surface area contributed by atoms with Crippen molar-refractivity contribution in [2.75, 3.05) is 19.6 Å². The lowest BCUT2D eigenvalue weighted by atomic mass is 9.92. The number of rotatable bonds is 6. The second kappa shape index (κ2) is 10.5. The molecule has 6 nitrogen and oxygen atoms in total. The standard InChI is InChI=1S/C28H29F3N4O2S/c1-17-24-18(2)33-22-6-3-7-23(35(22)24)38-25(17)26(36)32-14-4-5-19-12-15-34(16-13-19)27(37)20-8-10-21(11-9-20)28(29,30)31/h3,6-11,19H,4-5,12-16H2,1-2H3,(H,32,36). The fraction of sp³-hybridized carbons (Fsp3) is 0.393.